The Hall–Kier alpha value is -1.91. The first kappa shape index (κ1) is 9.64. The van der Waals surface area contributed by atoms with Crippen LogP contribution in [0.4, 0.5) is 0 Å². The molecular formula is C10H11NO4. The molecule has 80 valence electrons. The highest BCUT2D eigenvalue weighted by Gasteiger charge is 2.16. The summed E-state index contributed by atoms with van der Waals surface area (Å²) in [5.74, 6) is 0.924. The van der Waals surface area contributed by atoms with Crippen molar-refractivity contribution in [3.8, 4) is 11.5 Å². The Morgan fingerprint density at radius 1 is 1.27 bits per heavy atom. The summed E-state index contributed by atoms with van der Waals surface area (Å²) in [6.45, 7) is 0. The second kappa shape index (κ2) is 3.34. The fraction of sp³-hybridized carbons (Fsp3) is 0.300. The fourth-order valence-electron chi connectivity index (χ4n) is 1.60. The van der Waals surface area contributed by atoms with Crippen LogP contribution in [0.5, 0.6) is 11.5 Å². The van der Waals surface area contributed by atoms with E-state index >= 15 is 0 Å². The van der Waals surface area contributed by atoms with Gasteiger partial charge in [-0.3, -0.25) is 0 Å². The van der Waals surface area contributed by atoms with Gasteiger partial charge in [0, 0.05) is 7.05 Å². The summed E-state index contributed by atoms with van der Waals surface area (Å²) < 4.78 is 16.6. The molecule has 2 aromatic rings. The van der Waals surface area contributed by atoms with Crippen LogP contribution in [0.25, 0.3) is 10.9 Å². The van der Waals surface area contributed by atoms with Crippen LogP contribution in [0.2, 0.25) is 0 Å². The van der Waals surface area contributed by atoms with Gasteiger partial charge in [0.1, 0.15) is 5.39 Å². The van der Waals surface area contributed by atoms with Gasteiger partial charge in [-0.25, -0.2) is 9.53 Å². The standard InChI is InChI=1S/C10H11NO4/c1-11-6-4-5-7(13-2)9(14-3)8(6)10(12)15-11/h4-5H,1-3H3. The molecule has 0 aliphatic carbocycles. The molecule has 0 radical (unpaired) electrons. The van der Waals surface area contributed by atoms with Gasteiger partial charge in [0.05, 0.1) is 19.7 Å². The number of fused-ring (bicyclic) bond motifs is 1. The van der Waals surface area contributed by atoms with Crippen LogP contribution in [0.3, 0.4) is 0 Å². The lowest BCUT2D eigenvalue weighted by atomic mass is 10.2. The highest BCUT2D eigenvalue weighted by Crippen LogP contribution is 2.33. The second-order valence-corrected chi connectivity index (χ2v) is 3.07. The summed E-state index contributed by atoms with van der Waals surface area (Å²) in [6.07, 6.45) is 0. The zero-order valence-electron chi connectivity index (χ0n) is 8.73. The van der Waals surface area contributed by atoms with E-state index < -0.39 is 5.63 Å². The number of methoxy groups -OCH3 is 2. The lowest BCUT2D eigenvalue weighted by Crippen LogP contribution is -1.97. The van der Waals surface area contributed by atoms with Gasteiger partial charge in [-0.1, -0.05) is 0 Å². The maximum Gasteiger partial charge on any atom is 0.369 e. The minimum atomic E-state index is -0.428. The topological polar surface area (TPSA) is 53.6 Å². The van der Waals surface area contributed by atoms with Gasteiger partial charge in [-0.15, -0.1) is 0 Å². The predicted octanol–water partition coefficient (Wildman–Crippen LogP) is 1.15. The molecule has 0 N–H and O–H groups in total. The first-order valence-electron chi connectivity index (χ1n) is 4.40. The molecule has 1 aromatic carbocycles. The third-order valence-electron chi connectivity index (χ3n) is 2.29. The summed E-state index contributed by atoms with van der Waals surface area (Å²) in [5, 5.41) is 0.402. The van der Waals surface area contributed by atoms with Crippen molar-refractivity contribution >= 4 is 10.9 Å². The van der Waals surface area contributed by atoms with E-state index in [0.29, 0.717) is 22.4 Å². The van der Waals surface area contributed by atoms with Crippen molar-refractivity contribution in [2.45, 2.75) is 0 Å². The molecule has 15 heavy (non-hydrogen) atoms. The quantitative estimate of drug-likeness (QED) is 0.744. The minimum Gasteiger partial charge on any atom is -0.493 e. The van der Waals surface area contributed by atoms with Crippen molar-refractivity contribution < 1.29 is 14.0 Å². The van der Waals surface area contributed by atoms with Crippen LogP contribution in [0.1, 0.15) is 0 Å². The number of nitrogens with zero attached hydrogens (tertiary/aromatic N) is 1. The maximum absolute atomic E-state index is 11.5. The summed E-state index contributed by atoms with van der Waals surface area (Å²) in [7, 11) is 4.67. The number of aryl methyl sites for hydroxylation is 1. The average molecular weight is 209 g/mol. The molecule has 0 saturated heterocycles. The van der Waals surface area contributed by atoms with Crippen LogP contribution >= 0.6 is 0 Å². The van der Waals surface area contributed by atoms with Gasteiger partial charge < -0.3 is 14.0 Å². The van der Waals surface area contributed by atoms with Crippen LogP contribution < -0.4 is 15.1 Å². The molecule has 0 spiro atoms. The first-order valence-corrected chi connectivity index (χ1v) is 4.40. The van der Waals surface area contributed by atoms with Crippen molar-refractivity contribution in [3.63, 3.8) is 0 Å². The van der Waals surface area contributed by atoms with Crippen molar-refractivity contribution in [1.29, 1.82) is 0 Å². The van der Waals surface area contributed by atoms with Crippen molar-refractivity contribution in [2.24, 2.45) is 7.05 Å². The molecule has 2 rings (SSSR count). The Kier molecular flexibility index (Phi) is 2.15. The smallest absolute Gasteiger partial charge is 0.369 e. The molecule has 0 unspecified atom stereocenters. The summed E-state index contributed by atoms with van der Waals surface area (Å²) >= 11 is 0. The third kappa shape index (κ3) is 1.27. The van der Waals surface area contributed by atoms with E-state index in [1.54, 1.807) is 19.2 Å². The molecule has 0 bridgehead atoms. The zero-order valence-corrected chi connectivity index (χ0v) is 8.73. The van der Waals surface area contributed by atoms with Crippen molar-refractivity contribution in [2.75, 3.05) is 14.2 Å². The number of hydrogen-bond acceptors (Lipinski definition) is 4. The fourth-order valence-corrected chi connectivity index (χ4v) is 1.60. The lowest BCUT2D eigenvalue weighted by molar-refractivity contribution is 0.295. The largest absolute Gasteiger partial charge is 0.493 e. The van der Waals surface area contributed by atoms with Crippen LogP contribution in [-0.4, -0.2) is 19.0 Å². The summed E-state index contributed by atoms with van der Waals surface area (Å²) in [6, 6.07) is 3.48. The Labute approximate surface area is 85.8 Å². The first-order chi connectivity index (χ1) is 7.19. The van der Waals surface area contributed by atoms with Gasteiger partial charge in [0.15, 0.2) is 11.5 Å². The molecule has 0 saturated carbocycles. The highest BCUT2D eigenvalue weighted by molar-refractivity contribution is 5.87. The van der Waals surface area contributed by atoms with Crippen LogP contribution in [0, 0.1) is 0 Å². The van der Waals surface area contributed by atoms with Gasteiger partial charge in [0.2, 0.25) is 0 Å². The average Bonchev–Trinajstić information content (AvgIpc) is 2.53. The minimum absolute atomic E-state index is 0.402. The molecular weight excluding hydrogens is 198 g/mol. The number of ether oxygens (including phenoxy) is 2. The highest BCUT2D eigenvalue weighted by atomic mass is 16.5. The van der Waals surface area contributed by atoms with Gasteiger partial charge >= 0.3 is 5.63 Å². The molecule has 5 heteroatoms. The Morgan fingerprint density at radius 3 is 2.60 bits per heavy atom. The van der Waals surface area contributed by atoms with E-state index in [9.17, 15) is 4.79 Å². The molecule has 1 aromatic heterocycles. The van der Waals surface area contributed by atoms with Crippen molar-refractivity contribution in [1.82, 2.24) is 4.74 Å². The number of aromatic nitrogens is 1. The molecule has 5 nitrogen and oxygen atoms in total. The van der Waals surface area contributed by atoms with E-state index in [4.69, 9.17) is 14.0 Å². The number of hydrogen-bond donors (Lipinski definition) is 0. The Balaban J connectivity index is 2.92. The molecule has 0 aliphatic rings. The molecule has 0 amide bonds. The predicted molar refractivity (Wildman–Crippen MR) is 54.6 cm³/mol. The monoisotopic (exact) mass is 209 g/mol. The molecule has 0 fully saturated rings. The van der Waals surface area contributed by atoms with Gasteiger partial charge in [-0.2, -0.15) is 0 Å². The van der Waals surface area contributed by atoms with Crippen LogP contribution in [-0.2, 0) is 7.05 Å². The summed E-state index contributed by atoms with van der Waals surface area (Å²) in [4.78, 5) is 11.5. The maximum atomic E-state index is 11.5. The van der Waals surface area contributed by atoms with E-state index in [1.165, 1.54) is 19.0 Å². The SMILES string of the molecule is COc1ccc2c(c1OC)c(=O)on2C. The van der Waals surface area contributed by atoms with Gasteiger partial charge in [0.25, 0.3) is 0 Å². The number of rotatable bonds is 2. The zero-order chi connectivity index (χ0) is 11.0. The molecule has 0 atom stereocenters. The third-order valence-corrected chi connectivity index (χ3v) is 2.29. The normalized spacial score (nSPS) is 10.6. The lowest BCUT2D eigenvalue weighted by Gasteiger charge is -2.06. The molecule has 0 aliphatic heterocycles. The number of benzene rings is 1. The molecule has 1 heterocycles. The van der Waals surface area contributed by atoms with Crippen molar-refractivity contribution in [3.05, 3.63) is 22.6 Å². The van der Waals surface area contributed by atoms with Gasteiger partial charge in [-0.05, 0) is 12.1 Å². The Bertz CT molecular complexity index is 552. The second-order valence-electron chi connectivity index (χ2n) is 3.07. The van der Waals surface area contributed by atoms with E-state index in [2.05, 4.69) is 0 Å². The summed E-state index contributed by atoms with van der Waals surface area (Å²) in [5.41, 5.74) is 0.251. The Morgan fingerprint density at radius 2 is 2.00 bits per heavy atom. The van der Waals surface area contributed by atoms with E-state index in [1.807, 2.05) is 0 Å². The van der Waals surface area contributed by atoms with E-state index in [-0.39, 0.29) is 0 Å². The van der Waals surface area contributed by atoms with Crippen LogP contribution in [0.15, 0.2) is 21.5 Å². The van der Waals surface area contributed by atoms with E-state index in [0.717, 1.165) is 0 Å².